The first-order chi connectivity index (χ1) is 23.2. The Morgan fingerprint density at radius 2 is 1.47 bits per heavy atom. The standard InChI is InChI=1S/C36H44F3N3O6S/c1-49(46,47)31-12-8-27(9-13-31)32(43)28-14-18-41(19-15-28)33(44)29-6-2-26(3-7-29)23-42-24-35(48-34(42)45)16-20-40(21-17-35)22-25-4-10-30(11-5-25)36(37,38)39/h4-5,8-13,26,28-29H,2-3,6-7,14-24H2,1H3/t26-,29-. The van der Waals surface area contributed by atoms with Gasteiger partial charge in [0.15, 0.2) is 15.6 Å². The Balaban J connectivity index is 0.912. The number of ether oxygens (including phenoxy) is 1. The highest BCUT2D eigenvalue weighted by Gasteiger charge is 2.47. The lowest BCUT2D eigenvalue weighted by atomic mass is 9.80. The second-order valence-electron chi connectivity index (χ2n) is 14.4. The van der Waals surface area contributed by atoms with Crippen LogP contribution in [0.4, 0.5) is 18.0 Å². The molecule has 0 unspecified atom stereocenters. The largest absolute Gasteiger partial charge is 0.441 e. The zero-order valence-corrected chi connectivity index (χ0v) is 28.6. The van der Waals surface area contributed by atoms with Crippen molar-refractivity contribution in [3.8, 4) is 0 Å². The Labute approximate surface area is 285 Å². The maximum atomic E-state index is 13.4. The summed E-state index contributed by atoms with van der Waals surface area (Å²) in [5.74, 6) is 0.170. The SMILES string of the molecule is CS(=O)(=O)c1ccc(C(=O)C2CCN(C(=O)[C@H]3CC[C@H](CN4CC5(CCN(Cc6ccc(C(F)(F)F)cc6)CC5)OC4=O)CC3)CC2)cc1. The predicted octanol–water partition coefficient (Wildman–Crippen LogP) is 5.82. The van der Waals surface area contributed by atoms with Gasteiger partial charge in [-0.15, -0.1) is 0 Å². The van der Waals surface area contributed by atoms with Crippen LogP contribution in [0.3, 0.4) is 0 Å². The fourth-order valence-electron chi connectivity index (χ4n) is 7.90. The molecule has 0 aromatic heterocycles. The smallest absolute Gasteiger partial charge is 0.416 e. The Hall–Kier alpha value is -3.45. The zero-order valence-electron chi connectivity index (χ0n) is 27.8. The van der Waals surface area contributed by atoms with Crippen LogP contribution in [0.15, 0.2) is 53.4 Å². The van der Waals surface area contributed by atoms with Crippen molar-refractivity contribution in [3.05, 3.63) is 65.2 Å². The molecule has 3 heterocycles. The lowest BCUT2D eigenvalue weighted by Gasteiger charge is -2.38. The average molecular weight is 704 g/mol. The maximum Gasteiger partial charge on any atom is 0.416 e. The molecule has 266 valence electrons. The summed E-state index contributed by atoms with van der Waals surface area (Å²) in [4.78, 5) is 45.4. The van der Waals surface area contributed by atoms with E-state index in [1.54, 1.807) is 12.1 Å². The molecule has 13 heteroatoms. The van der Waals surface area contributed by atoms with E-state index in [2.05, 4.69) is 4.90 Å². The number of carbonyl (C=O) groups is 3. The summed E-state index contributed by atoms with van der Waals surface area (Å²) in [5, 5.41) is 0. The van der Waals surface area contributed by atoms with Crippen LogP contribution in [-0.4, -0.2) is 92.0 Å². The van der Waals surface area contributed by atoms with Crippen LogP contribution >= 0.6 is 0 Å². The molecule has 4 aliphatic rings. The molecule has 1 saturated carbocycles. The number of sulfone groups is 1. The summed E-state index contributed by atoms with van der Waals surface area (Å²) >= 11 is 0. The van der Waals surface area contributed by atoms with Crippen molar-refractivity contribution in [3.63, 3.8) is 0 Å². The predicted molar refractivity (Wildman–Crippen MR) is 175 cm³/mol. The van der Waals surface area contributed by atoms with Gasteiger partial charge in [-0.2, -0.15) is 13.2 Å². The van der Waals surface area contributed by atoms with E-state index in [1.807, 2.05) is 9.80 Å². The lowest BCUT2D eigenvalue weighted by Crippen LogP contribution is -2.47. The number of benzene rings is 2. The molecule has 2 amide bonds. The van der Waals surface area contributed by atoms with E-state index in [1.165, 1.54) is 24.3 Å². The highest BCUT2D eigenvalue weighted by molar-refractivity contribution is 7.90. The molecular formula is C36H44F3N3O6S. The van der Waals surface area contributed by atoms with Crippen LogP contribution in [0.5, 0.6) is 0 Å². The number of carbonyl (C=O) groups excluding carboxylic acids is 3. The highest BCUT2D eigenvalue weighted by atomic mass is 32.2. The van der Waals surface area contributed by atoms with Gasteiger partial charge in [-0.25, -0.2) is 13.2 Å². The topological polar surface area (TPSA) is 104 Å². The van der Waals surface area contributed by atoms with Gasteiger partial charge in [0.1, 0.15) is 5.60 Å². The molecule has 2 aromatic carbocycles. The van der Waals surface area contributed by atoms with E-state index in [0.717, 1.165) is 49.6 Å². The molecule has 49 heavy (non-hydrogen) atoms. The minimum Gasteiger partial charge on any atom is -0.441 e. The fourth-order valence-corrected chi connectivity index (χ4v) is 8.53. The number of halogens is 3. The molecule has 3 aliphatic heterocycles. The number of alkyl halides is 3. The van der Waals surface area contributed by atoms with E-state index < -0.39 is 27.2 Å². The number of ketones is 1. The van der Waals surface area contributed by atoms with Gasteiger partial charge in [-0.3, -0.25) is 14.5 Å². The molecule has 2 aromatic rings. The number of nitrogens with zero attached hydrogens (tertiary/aromatic N) is 3. The van der Waals surface area contributed by atoms with Crippen molar-refractivity contribution in [1.82, 2.24) is 14.7 Å². The van der Waals surface area contributed by atoms with Crippen LogP contribution < -0.4 is 0 Å². The third-order valence-corrected chi connectivity index (χ3v) is 12.0. The molecule has 4 fully saturated rings. The van der Waals surface area contributed by atoms with Crippen molar-refractivity contribution in [2.75, 3.05) is 45.5 Å². The zero-order chi connectivity index (χ0) is 35.0. The number of hydrogen-bond acceptors (Lipinski definition) is 7. The number of rotatable bonds is 8. The highest BCUT2D eigenvalue weighted by Crippen LogP contribution is 2.37. The molecule has 9 nitrogen and oxygen atoms in total. The molecule has 0 bridgehead atoms. The van der Waals surface area contributed by atoms with E-state index in [4.69, 9.17) is 4.74 Å². The van der Waals surface area contributed by atoms with Gasteiger partial charge in [-0.05, 0) is 74.3 Å². The van der Waals surface area contributed by atoms with Crippen molar-refractivity contribution in [1.29, 1.82) is 0 Å². The van der Waals surface area contributed by atoms with Crippen LogP contribution in [0.25, 0.3) is 0 Å². The number of piperidine rings is 2. The van der Waals surface area contributed by atoms with E-state index in [0.29, 0.717) is 83.0 Å². The van der Waals surface area contributed by atoms with E-state index in [9.17, 15) is 36.0 Å². The second-order valence-corrected chi connectivity index (χ2v) is 16.4. The van der Waals surface area contributed by atoms with Gasteiger partial charge >= 0.3 is 12.3 Å². The Morgan fingerprint density at radius 3 is 2.04 bits per heavy atom. The second kappa shape index (κ2) is 14.0. The molecule has 1 spiro atoms. The maximum absolute atomic E-state index is 13.4. The third-order valence-electron chi connectivity index (χ3n) is 10.9. The summed E-state index contributed by atoms with van der Waals surface area (Å²) < 4.78 is 68.1. The summed E-state index contributed by atoms with van der Waals surface area (Å²) in [5.41, 5.74) is 0.120. The van der Waals surface area contributed by atoms with Crippen LogP contribution in [0.1, 0.15) is 72.9 Å². The summed E-state index contributed by atoms with van der Waals surface area (Å²) in [6.45, 7) is 4.13. The minimum atomic E-state index is -4.35. The minimum absolute atomic E-state index is 0.0152. The van der Waals surface area contributed by atoms with E-state index in [-0.39, 0.29) is 34.5 Å². The third kappa shape index (κ3) is 8.30. The average Bonchev–Trinajstić information content (AvgIpc) is 3.38. The normalized spacial score (nSPS) is 23.9. The fraction of sp³-hybridized carbons (Fsp3) is 0.583. The molecule has 0 atom stereocenters. The molecule has 1 aliphatic carbocycles. The molecule has 3 saturated heterocycles. The van der Waals surface area contributed by atoms with Crippen molar-refractivity contribution >= 4 is 27.6 Å². The van der Waals surface area contributed by atoms with Crippen LogP contribution in [0.2, 0.25) is 0 Å². The summed E-state index contributed by atoms with van der Waals surface area (Å²) in [7, 11) is -3.33. The van der Waals surface area contributed by atoms with Crippen molar-refractivity contribution < 1.29 is 40.7 Å². The van der Waals surface area contributed by atoms with Gasteiger partial charge in [0.05, 0.1) is 17.0 Å². The summed E-state index contributed by atoms with van der Waals surface area (Å²) in [6.07, 6.45) is 2.24. The molecular weight excluding hydrogens is 659 g/mol. The summed E-state index contributed by atoms with van der Waals surface area (Å²) in [6, 6.07) is 11.3. The first-order valence-corrected chi connectivity index (χ1v) is 19.1. The number of likely N-dealkylation sites (tertiary alicyclic amines) is 2. The van der Waals surface area contributed by atoms with Crippen molar-refractivity contribution in [2.24, 2.45) is 17.8 Å². The van der Waals surface area contributed by atoms with Gasteiger partial charge < -0.3 is 14.5 Å². The van der Waals surface area contributed by atoms with Crippen LogP contribution in [-0.2, 0) is 32.1 Å². The Kier molecular flexibility index (Phi) is 10.1. The van der Waals surface area contributed by atoms with Gasteiger partial charge in [0.2, 0.25) is 5.91 Å². The van der Waals surface area contributed by atoms with Crippen LogP contribution in [0, 0.1) is 17.8 Å². The van der Waals surface area contributed by atoms with Gasteiger partial charge in [-0.1, -0.05) is 24.3 Å². The first kappa shape index (κ1) is 35.4. The van der Waals surface area contributed by atoms with Crippen molar-refractivity contribution in [2.45, 2.75) is 74.6 Å². The van der Waals surface area contributed by atoms with E-state index >= 15 is 0 Å². The molecule has 0 radical (unpaired) electrons. The number of hydrogen-bond donors (Lipinski definition) is 0. The first-order valence-electron chi connectivity index (χ1n) is 17.2. The molecule has 0 N–H and O–H groups in total. The monoisotopic (exact) mass is 703 g/mol. The number of Topliss-reactive ketones (excluding diaryl/α,β-unsaturated/α-hetero) is 1. The van der Waals surface area contributed by atoms with Gasteiger partial charge in [0, 0.05) is 75.8 Å². The number of amides is 2. The Morgan fingerprint density at radius 1 is 0.857 bits per heavy atom. The van der Waals surface area contributed by atoms with Gasteiger partial charge in [0.25, 0.3) is 0 Å². The Bertz CT molecular complexity index is 1620. The lowest BCUT2D eigenvalue weighted by molar-refractivity contribution is -0.138. The quantitative estimate of drug-likeness (QED) is 0.319. The molecule has 6 rings (SSSR count).